The summed E-state index contributed by atoms with van der Waals surface area (Å²) in [5.74, 6) is -0.267. The van der Waals surface area contributed by atoms with E-state index in [-0.39, 0.29) is 16.9 Å². The molecule has 0 radical (unpaired) electrons. The molecule has 3 aromatic rings. The molecule has 0 bridgehead atoms. The Bertz CT molecular complexity index is 1000. The van der Waals surface area contributed by atoms with Gasteiger partial charge in [-0.25, -0.2) is 14.1 Å². The molecule has 2 heterocycles. The maximum absolute atomic E-state index is 14.1. The fourth-order valence-corrected chi connectivity index (χ4v) is 3.16. The number of anilines is 1. The molecule has 1 aliphatic carbocycles. The Hall–Kier alpha value is -2.44. The zero-order chi connectivity index (χ0) is 18.3. The van der Waals surface area contributed by atoms with Crippen LogP contribution in [0.15, 0.2) is 48.8 Å². The predicted octanol–water partition coefficient (Wildman–Crippen LogP) is 4.38. The molecule has 8 heteroatoms. The summed E-state index contributed by atoms with van der Waals surface area (Å²) in [6.45, 7) is 0. The lowest BCUT2D eigenvalue weighted by Crippen LogP contribution is -2.29. The van der Waals surface area contributed by atoms with Crippen molar-refractivity contribution in [1.29, 1.82) is 0 Å². The highest BCUT2D eigenvalue weighted by molar-refractivity contribution is 6.41. The Morgan fingerprint density at radius 3 is 2.69 bits per heavy atom. The zero-order valence-electron chi connectivity index (χ0n) is 13.4. The van der Waals surface area contributed by atoms with Crippen molar-refractivity contribution in [3.63, 3.8) is 0 Å². The standard InChI is InChI=1S/C18H13Cl2FN4O/c19-13-9-11(10-22-16(13)20)25-8-5-15(24-25)23-17(26)18(6-7-18)12-3-1-2-4-14(12)21/h1-5,8-10H,6-7H2,(H,23,24,26). The smallest absolute Gasteiger partial charge is 0.236 e. The van der Waals surface area contributed by atoms with Gasteiger partial charge in [0.1, 0.15) is 11.0 Å². The van der Waals surface area contributed by atoms with Crippen LogP contribution >= 0.6 is 23.2 Å². The summed E-state index contributed by atoms with van der Waals surface area (Å²) in [6, 6.07) is 9.64. The van der Waals surface area contributed by atoms with E-state index in [2.05, 4.69) is 15.4 Å². The van der Waals surface area contributed by atoms with E-state index in [0.717, 1.165) is 0 Å². The Morgan fingerprint density at radius 2 is 2.00 bits per heavy atom. The van der Waals surface area contributed by atoms with Gasteiger partial charge in [0.15, 0.2) is 5.82 Å². The summed E-state index contributed by atoms with van der Waals surface area (Å²) in [5.41, 5.74) is 0.209. The van der Waals surface area contributed by atoms with E-state index >= 15 is 0 Å². The molecular formula is C18H13Cl2FN4O. The fraction of sp³-hybridized carbons (Fsp3) is 0.167. The Morgan fingerprint density at radius 1 is 1.23 bits per heavy atom. The highest BCUT2D eigenvalue weighted by atomic mass is 35.5. The predicted molar refractivity (Wildman–Crippen MR) is 97.3 cm³/mol. The number of aromatic nitrogens is 3. The lowest BCUT2D eigenvalue weighted by atomic mass is 9.94. The van der Waals surface area contributed by atoms with Crippen LogP contribution in [0.4, 0.5) is 10.2 Å². The number of hydrogen-bond donors (Lipinski definition) is 1. The number of pyridine rings is 1. The summed E-state index contributed by atoms with van der Waals surface area (Å²) in [7, 11) is 0. The third-order valence-electron chi connectivity index (χ3n) is 4.45. The normalized spacial score (nSPS) is 14.9. The van der Waals surface area contributed by atoms with E-state index in [1.165, 1.54) is 16.9 Å². The van der Waals surface area contributed by atoms with Crippen LogP contribution in [0.25, 0.3) is 5.69 Å². The van der Waals surface area contributed by atoms with Gasteiger partial charge in [-0.1, -0.05) is 41.4 Å². The van der Waals surface area contributed by atoms with Crippen molar-refractivity contribution >= 4 is 34.9 Å². The van der Waals surface area contributed by atoms with Gasteiger partial charge >= 0.3 is 0 Å². The highest BCUT2D eigenvalue weighted by Gasteiger charge is 2.52. The maximum atomic E-state index is 14.1. The van der Waals surface area contributed by atoms with Crippen molar-refractivity contribution in [2.45, 2.75) is 18.3 Å². The van der Waals surface area contributed by atoms with Crippen LogP contribution < -0.4 is 5.32 Å². The first kappa shape index (κ1) is 17.0. The van der Waals surface area contributed by atoms with E-state index in [1.54, 1.807) is 36.5 Å². The average molecular weight is 391 g/mol. The third kappa shape index (κ3) is 2.95. The van der Waals surface area contributed by atoms with Crippen molar-refractivity contribution in [2.24, 2.45) is 0 Å². The van der Waals surface area contributed by atoms with E-state index in [1.807, 2.05) is 0 Å². The van der Waals surface area contributed by atoms with Crippen LogP contribution in [0.5, 0.6) is 0 Å². The molecule has 4 rings (SSSR count). The SMILES string of the molecule is O=C(Nc1ccn(-c2cnc(Cl)c(Cl)c2)n1)C1(c2ccccc2F)CC1. The zero-order valence-corrected chi connectivity index (χ0v) is 14.9. The lowest BCUT2D eigenvalue weighted by Gasteiger charge is -2.15. The Labute approximate surface area is 158 Å². The molecule has 0 unspecified atom stereocenters. The van der Waals surface area contributed by atoms with Crippen LogP contribution in [-0.4, -0.2) is 20.7 Å². The number of amides is 1. The summed E-state index contributed by atoms with van der Waals surface area (Å²) >= 11 is 11.8. The summed E-state index contributed by atoms with van der Waals surface area (Å²) in [6.07, 6.45) is 4.41. The summed E-state index contributed by atoms with van der Waals surface area (Å²) in [5, 5.41) is 7.58. The third-order valence-corrected chi connectivity index (χ3v) is 5.14. The van der Waals surface area contributed by atoms with Crippen molar-refractivity contribution < 1.29 is 9.18 Å². The minimum Gasteiger partial charge on any atom is -0.308 e. The average Bonchev–Trinajstić information content (AvgIpc) is 3.31. The second-order valence-electron chi connectivity index (χ2n) is 6.13. The van der Waals surface area contributed by atoms with Gasteiger partial charge in [-0.15, -0.1) is 0 Å². The van der Waals surface area contributed by atoms with Gasteiger partial charge in [0.25, 0.3) is 0 Å². The monoisotopic (exact) mass is 390 g/mol. The van der Waals surface area contributed by atoms with E-state index in [4.69, 9.17) is 23.2 Å². The first-order valence-corrected chi connectivity index (χ1v) is 8.69. The molecule has 0 aliphatic heterocycles. The van der Waals surface area contributed by atoms with Crippen LogP contribution in [0.1, 0.15) is 18.4 Å². The summed E-state index contributed by atoms with van der Waals surface area (Å²) in [4.78, 5) is 16.7. The number of nitrogens with one attached hydrogen (secondary N) is 1. The van der Waals surface area contributed by atoms with E-state index in [9.17, 15) is 9.18 Å². The molecule has 1 saturated carbocycles. The van der Waals surface area contributed by atoms with Crippen LogP contribution in [0, 0.1) is 5.82 Å². The lowest BCUT2D eigenvalue weighted by molar-refractivity contribution is -0.118. The molecule has 5 nitrogen and oxygen atoms in total. The van der Waals surface area contributed by atoms with Crippen molar-refractivity contribution in [3.05, 3.63) is 70.3 Å². The largest absolute Gasteiger partial charge is 0.308 e. The minimum absolute atomic E-state index is 0.205. The topological polar surface area (TPSA) is 59.8 Å². The van der Waals surface area contributed by atoms with Gasteiger partial charge in [-0.3, -0.25) is 4.79 Å². The number of benzene rings is 1. The molecule has 0 spiro atoms. The van der Waals surface area contributed by atoms with Gasteiger partial charge < -0.3 is 5.32 Å². The molecule has 132 valence electrons. The van der Waals surface area contributed by atoms with Crippen molar-refractivity contribution in [1.82, 2.24) is 14.8 Å². The summed E-state index contributed by atoms with van der Waals surface area (Å²) < 4.78 is 15.6. The highest BCUT2D eigenvalue weighted by Crippen LogP contribution is 2.49. The van der Waals surface area contributed by atoms with Gasteiger partial charge in [0, 0.05) is 17.8 Å². The number of nitrogens with zero attached hydrogens (tertiary/aromatic N) is 3. The van der Waals surface area contributed by atoms with E-state index in [0.29, 0.717) is 34.9 Å². The molecule has 1 aliphatic rings. The molecule has 1 amide bonds. The quantitative estimate of drug-likeness (QED) is 0.672. The number of halogens is 3. The number of hydrogen-bond acceptors (Lipinski definition) is 3. The minimum atomic E-state index is -0.819. The van der Waals surface area contributed by atoms with Crippen LogP contribution in [0.2, 0.25) is 10.2 Å². The number of carbonyl (C=O) groups is 1. The maximum Gasteiger partial charge on any atom is 0.236 e. The van der Waals surface area contributed by atoms with Crippen LogP contribution in [0.3, 0.4) is 0 Å². The molecule has 1 aromatic carbocycles. The van der Waals surface area contributed by atoms with Gasteiger partial charge in [-0.2, -0.15) is 5.10 Å². The Kier molecular flexibility index (Phi) is 4.17. The van der Waals surface area contributed by atoms with Crippen LogP contribution in [-0.2, 0) is 10.2 Å². The van der Waals surface area contributed by atoms with Gasteiger partial charge in [-0.05, 0) is 25.0 Å². The molecule has 26 heavy (non-hydrogen) atoms. The first-order chi connectivity index (χ1) is 12.5. The molecule has 2 aromatic heterocycles. The van der Waals surface area contributed by atoms with Crippen molar-refractivity contribution in [3.8, 4) is 5.69 Å². The molecule has 0 atom stereocenters. The Balaban J connectivity index is 1.55. The van der Waals surface area contributed by atoms with Gasteiger partial charge in [0.05, 0.1) is 22.3 Å². The molecule has 1 fully saturated rings. The van der Waals surface area contributed by atoms with E-state index < -0.39 is 5.41 Å². The second-order valence-corrected chi connectivity index (χ2v) is 6.89. The van der Waals surface area contributed by atoms with Crippen molar-refractivity contribution in [2.75, 3.05) is 5.32 Å². The molecule has 1 N–H and O–H groups in total. The fourth-order valence-electron chi connectivity index (χ4n) is 2.90. The molecule has 0 saturated heterocycles. The second kappa shape index (κ2) is 6.37. The number of rotatable bonds is 4. The molecular weight excluding hydrogens is 378 g/mol. The first-order valence-electron chi connectivity index (χ1n) is 7.93. The van der Waals surface area contributed by atoms with Gasteiger partial charge in [0.2, 0.25) is 5.91 Å². The number of carbonyl (C=O) groups excluding carboxylic acids is 1.